The minimum absolute atomic E-state index is 0.0160. The van der Waals surface area contributed by atoms with E-state index in [1.165, 1.54) is 6.08 Å². The molecule has 0 atom stereocenters. The van der Waals surface area contributed by atoms with Gasteiger partial charge in [-0.15, -0.1) is 0 Å². The van der Waals surface area contributed by atoms with Crippen LogP contribution >= 0.6 is 0 Å². The Morgan fingerprint density at radius 3 is 2.73 bits per heavy atom. The van der Waals surface area contributed by atoms with Crippen molar-refractivity contribution in [2.75, 3.05) is 6.61 Å². The molecule has 0 aliphatic carbocycles. The van der Waals surface area contributed by atoms with Gasteiger partial charge in [0.05, 0.1) is 18.7 Å². The maximum atomic E-state index is 10.6. The predicted molar refractivity (Wildman–Crippen MR) is 116 cm³/mol. The summed E-state index contributed by atoms with van der Waals surface area (Å²) in [6.07, 6.45) is 12.2. The predicted octanol–water partition coefficient (Wildman–Crippen LogP) is 4.59. The fourth-order valence-electron chi connectivity index (χ4n) is 2.82. The van der Waals surface area contributed by atoms with Crippen LogP contribution in [0.15, 0.2) is 78.7 Å². The number of aliphatic carboxylic acids is 1. The zero-order chi connectivity index (χ0) is 21.9. The van der Waals surface area contributed by atoms with Gasteiger partial charge in [-0.3, -0.25) is 9.78 Å². The van der Waals surface area contributed by atoms with Crippen molar-refractivity contribution in [2.24, 2.45) is 0 Å². The number of carboxylic acids is 1. The summed E-state index contributed by atoms with van der Waals surface area (Å²) in [5.74, 6) is 0.397. The van der Waals surface area contributed by atoms with Crippen molar-refractivity contribution in [2.45, 2.75) is 33.2 Å². The van der Waals surface area contributed by atoms with E-state index in [4.69, 9.17) is 9.84 Å². The number of carbonyl (C=O) groups is 1. The molecule has 0 unspecified atom stereocenters. The quantitative estimate of drug-likeness (QED) is 0.416. The summed E-state index contributed by atoms with van der Waals surface area (Å²) in [4.78, 5) is 19.3. The Balaban J connectivity index is 2.24. The van der Waals surface area contributed by atoms with Crippen LogP contribution < -0.4 is 0 Å². The maximum Gasteiger partial charge on any atom is 0.303 e. The third kappa shape index (κ3) is 6.48. The van der Waals surface area contributed by atoms with Crippen LogP contribution in [0.1, 0.15) is 25.5 Å². The van der Waals surface area contributed by atoms with Gasteiger partial charge in [-0.25, -0.2) is 4.98 Å². The van der Waals surface area contributed by atoms with Crippen molar-refractivity contribution in [3.05, 3.63) is 84.4 Å². The lowest BCUT2D eigenvalue weighted by molar-refractivity contribution is -0.137. The molecule has 2 rings (SSSR count). The highest BCUT2D eigenvalue weighted by Gasteiger charge is 2.12. The third-order valence-corrected chi connectivity index (χ3v) is 4.33. The van der Waals surface area contributed by atoms with Crippen LogP contribution in [0.3, 0.4) is 0 Å². The van der Waals surface area contributed by atoms with E-state index in [0.717, 1.165) is 22.7 Å². The molecule has 0 radical (unpaired) electrons. The van der Waals surface area contributed by atoms with Gasteiger partial charge in [-0.05, 0) is 38.1 Å². The van der Waals surface area contributed by atoms with Crippen molar-refractivity contribution in [3.63, 3.8) is 0 Å². The van der Waals surface area contributed by atoms with Crippen LogP contribution in [-0.4, -0.2) is 37.3 Å². The first-order valence-corrected chi connectivity index (χ1v) is 9.59. The fraction of sp³-hybridized carbons (Fsp3) is 0.261. The van der Waals surface area contributed by atoms with Gasteiger partial charge in [0.1, 0.15) is 18.2 Å². The van der Waals surface area contributed by atoms with Crippen molar-refractivity contribution in [1.29, 1.82) is 0 Å². The molecule has 7 heteroatoms. The van der Waals surface area contributed by atoms with Gasteiger partial charge < -0.3 is 19.5 Å². The minimum Gasteiger partial charge on any atom is -0.513 e. The normalized spacial score (nSPS) is 12.7. The number of allylic oxidation sites excluding steroid dienone is 5. The van der Waals surface area contributed by atoms with Gasteiger partial charge in [-0.1, -0.05) is 18.7 Å². The molecule has 158 valence electrons. The third-order valence-electron chi connectivity index (χ3n) is 4.33. The van der Waals surface area contributed by atoms with Crippen molar-refractivity contribution in [1.82, 2.24) is 14.5 Å². The molecule has 30 heavy (non-hydrogen) atoms. The highest BCUT2D eigenvalue weighted by Crippen LogP contribution is 2.22. The number of imidazole rings is 1. The number of aliphatic hydroxyl groups excluding tert-OH is 1. The summed E-state index contributed by atoms with van der Waals surface area (Å²) in [6, 6.07) is 3.83. The smallest absolute Gasteiger partial charge is 0.303 e. The van der Waals surface area contributed by atoms with Gasteiger partial charge in [0.15, 0.2) is 0 Å². The largest absolute Gasteiger partial charge is 0.513 e. The topological polar surface area (TPSA) is 97.5 Å². The van der Waals surface area contributed by atoms with E-state index in [-0.39, 0.29) is 25.2 Å². The molecule has 2 aromatic heterocycles. The monoisotopic (exact) mass is 409 g/mol. The lowest BCUT2D eigenvalue weighted by Crippen LogP contribution is -2.07. The van der Waals surface area contributed by atoms with Crippen molar-refractivity contribution < 1.29 is 19.7 Å². The van der Waals surface area contributed by atoms with Gasteiger partial charge in [0.25, 0.3) is 0 Å². The summed E-state index contributed by atoms with van der Waals surface area (Å²) >= 11 is 0. The molecular weight excluding hydrogens is 382 g/mol. The van der Waals surface area contributed by atoms with Crippen LogP contribution in [0.25, 0.3) is 11.4 Å². The zero-order valence-electron chi connectivity index (χ0n) is 17.3. The van der Waals surface area contributed by atoms with E-state index < -0.39 is 5.97 Å². The molecule has 0 saturated heterocycles. The number of carboxylic acid groups (broad SMARTS) is 1. The van der Waals surface area contributed by atoms with E-state index >= 15 is 0 Å². The zero-order valence-corrected chi connectivity index (χ0v) is 17.3. The maximum absolute atomic E-state index is 10.6. The molecule has 0 saturated carbocycles. The summed E-state index contributed by atoms with van der Waals surface area (Å²) in [6.45, 7) is 8.36. The Kier molecular flexibility index (Phi) is 8.62. The SMILES string of the molecule is C=C/C(OC/C=C(\O)CCC(=O)O)=C(\C=C/C)Cn1c(C)cnc1-c1cccnc1. The lowest BCUT2D eigenvalue weighted by Gasteiger charge is -2.15. The number of ether oxygens (including phenoxy) is 1. The van der Waals surface area contributed by atoms with Crippen molar-refractivity contribution in [3.8, 4) is 11.4 Å². The fourth-order valence-corrected chi connectivity index (χ4v) is 2.82. The number of pyridine rings is 1. The second-order valence-corrected chi connectivity index (χ2v) is 6.54. The number of aryl methyl sites for hydroxylation is 1. The lowest BCUT2D eigenvalue weighted by atomic mass is 10.1. The molecule has 0 aliphatic heterocycles. The average Bonchev–Trinajstić information content (AvgIpc) is 3.10. The Bertz CT molecular complexity index is 956. The van der Waals surface area contributed by atoms with Crippen LogP contribution in [-0.2, 0) is 16.1 Å². The molecule has 7 nitrogen and oxygen atoms in total. The molecular formula is C23H27N3O4. The van der Waals surface area contributed by atoms with Crippen LogP contribution in [0.4, 0.5) is 0 Å². The standard InChI is InChI=1S/C23H27N3O4/c1-4-7-19(21(5-2)30-13-11-20(27)9-10-22(28)29)16-26-17(3)14-25-23(26)18-8-6-12-24-15-18/h4-8,11-12,14-15,27H,2,9-10,13,16H2,1,3H3,(H,28,29)/b7-4-,20-11-,21-19-. The number of hydrogen-bond donors (Lipinski definition) is 2. The van der Waals surface area contributed by atoms with E-state index in [2.05, 4.69) is 21.1 Å². The summed E-state index contributed by atoms with van der Waals surface area (Å²) in [5, 5.41) is 18.5. The molecule has 0 fully saturated rings. The van der Waals surface area contributed by atoms with Gasteiger partial charge in [-0.2, -0.15) is 0 Å². The molecule has 2 aromatic rings. The highest BCUT2D eigenvalue weighted by atomic mass is 16.5. The first-order chi connectivity index (χ1) is 14.5. The molecule has 0 bridgehead atoms. The number of aromatic nitrogens is 3. The summed E-state index contributed by atoms with van der Waals surface area (Å²) in [5.41, 5.74) is 2.79. The van der Waals surface area contributed by atoms with E-state index in [1.54, 1.807) is 18.5 Å². The van der Waals surface area contributed by atoms with Crippen LogP contribution in [0.2, 0.25) is 0 Å². The van der Waals surface area contributed by atoms with Gasteiger partial charge in [0, 0.05) is 41.8 Å². The number of aliphatic hydroxyl groups is 1. The van der Waals surface area contributed by atoms with Crippen molar-refractivity contribution >= 4 is 5.97 Å². The Hall–Kier alpha value is -3.61. The number of nitrogens with zero attached hydrogens (tertiary/aromatic N) is 3. The average molecular weight is 409 g/mol. The van der Waals surface area contributed by atoms with Crippen LogP contribution in [0, 0.1) is 6.92 Å². The second kappa shape index (κ2) is 11.4. The molecule has 0 aliphatic rings. The highest BCUT2D eigenvalue weighted by molar-refractivity contribution is 5.66. The Morgan fingerprint density at radius 1 is 1.30 bits per heavy atom. The molecule has 2 N–H and O–H groups in total. The number of rotatable bonds is 11. The Labute approximate surface area is 176 Å². The summed E-state index contributed by atoms with van der Waals surface area (Å²) in [7, 11) is 0. The summed E-state index contributed by atoms with van der Waals surface area (Å²) < 4.78 is 7.87. The first kappa shape index (κ1) is 22.7. The molecule has 0 amide bonds. The first-order valence-electron chi connectivity index (χ1n) is 9.59. The van der Waals surface area contributed by atoms with Gasteiger partial charge in [0.2, 0.25) is 0 Å². The van der Waals surface area contributed by atoms with E-state index in [9.17, 15) is 9.90 Å². The molecule has 0 spiro atoms. The number of hydrogen-bond acceptors (Lipinski definition) is 5. The molecule has 2 heterocycles. The minimum atomic E-state index is -0.960. The Morgan fingerprint density at radius 2 is 2.10 bits per heavy atom. The molecule has 0 aromatic carbocycles. The van der Waals surface area contributed by atoms with E-state index in [1.807, 2.05) is 44.3 Å². The van der Waals surface area contributed by atoms with Crippen LogP contribution in [0.5, 0.6) is 0 Å². The van der Waals surface area contributed by atoms with E-state index in [0.29, 0.717) is 12.3 Å². The van der Waals surface area contributed by atoms with Gasteiger partial charge >= 0.3 is 5.97 Å². The second-order valence-electron chi connectivity index (χ2n) is 6.54.